The van der Waals surface area contributed by atoms with E-state index >= 15 is 0 Å². The van der Waals surface area contributed by atoms with Gasteiger partial charge in [0, 0.05) is 24.8 Å². The third-order valence-electron chi connectivity index (χ3n) is 4.72. The third kappa shape index (κ3) is 2.70. The van der Waals surface area contributed by atoms with Crippen molar-refractivity contribution >= 4 is 5.69 Å². The fraction of sp³-hybridized carbons (Fsp3) is 0.647. The Bertz CT molecular complexity index is 472. The highest BCUT2D eigenvalue weighted by molar-refractivity contribution is 5.56. The summed E-state index contributed by atoms with van der Waals surface area (Å²) in [4.78, 5) is 2.49. The first-order valence-electron chi connectivity index (χ1n) is 7.81. The lowest BCUT2D eigenvalue weighted by atomic mass is 9.95. The zero-order valence-corrected chi connectivity index (χ0v) is 12.6. The molecule has 20 heavy (non-hydrogen) atoms. The van der Waals surface area contributed by atoms with Crippen molar-refractivity contribution in [2.24, 2.45) is 5.73 Å². The molecule has 2 aliphatic rings. The van der Waals surface area contributed by atoms with Gasteiger partial charge in [-0.25, -0.2) is 0 Å². The van der Waals surface area contributed by atoms with E-state index in [1.807, 2.05) is 0 Å². The summed E-state index contributed by atoms with van der Waals surface area (Å²) < 4.78 is 6.18. The van der Waals surface area contributed by atoms with E-state index in [0.29, 0.717) is 12.1 Å². The molecular weight excluding hydrogens is 248 g/mol. The molecule has 1 fully saturated rings. The minimum atomic E-state index is 0.0399. The molecule has 2 heterocycles. The molecule has 0 aliphatic carbocycles. The maximum absolute atomic E-state index is 6.18. The van der Waals surface area contributed by atoms with Crippen LogP contribution in [0.2, 0.25) is 0 Å². The molecule has 0 radical (unpaired) electrons. The lowest BCUT2D eigenvalue weighted by Gasteiger charge is -2.40. The van der Waals surface area contributed by atoms with Crippen LogP contribution in [0, 0.1) is 0 Å². The Hall–Kier alpha value is -1.06. The SMILES string of the molecule is CC1(C)CCC(CN2c3ccccc3CCC2CN)O1. The third-order valence-corrected chi connectivity index (χ3v) is 4.72. The van der Waals surface area contributed by atoms with Gasteiger partial charge in [-0.05, 0) is 51.2 Å². The summed E-state index contributed by atoms with van der Waals surface area (Å²) in [6, 6.07) is 9.20. The van der Waals surface area contributed by atoms with E-state index in [-0.39, 0.29) is 5.60 Å². The van der Waals surface area contributed by atoms with Crippen molar-refractivity contribution in [1.29, 1.82) is 0 Å². The number of benzene rings is 1. The molecular formula is C17H26N2O. The second-order valence-corrected chi connectivity index (χ2v) is 6.75. The Morgan fingerprint density at radius 3 is 2.80 bits per heavy atom. The van der Waals surface area contributed by atoms with Gasteiger partial charge >= 0.3 is 0 Å². The van der Waals surface area contributed by atoms with Crippen LogP contribution in [0.4, 0.5) is 5.69 Å². The highest BCUT2D eigenvalue weighted by Crippen LogP contribution is 2.34. The number of hydrogen-bond donors (Lipinski definition) is 1. The predicted octanol–water partition coefficient (Wildman–Crippen LogP) is 2.72. The molecule has 3 nitrogen and oxygen atoms in total. The van der Waals surface area contributed by atoms with Gasteiger partial charge in [-0.2, -0.15) is 0 Å². The van der Waals surface area contributed by atoms with Gasteiger partial charge in [0.25, 0.3) is 0 Å². The number of aryl methyl sites for hydroxylation is 1. The summed E-state index contributed by atoms with van der Waals surface area (Å²) in [6.07, 6.45) is 4.95. The van der Waals surface area contributed by atoms with Crippen LogP contribution in [0.25, 0.3) is 0 Å². The van der Waals surface area contributed by atoms with Crippen LogP contribution in [0.1, 0.15) is 38.7 Å². The first-order valence-corrected chi connectivity index (χ1v) is 7.81. The topological polar surface area (TPSA) is 38.5 Å². The van der Waals surface area contributed by atoms with Crippen molar-refractivity contribution in [2.45, 2.75) is 57.3 Å². The lowest BCUT2D eigenvalue weighted by Crippen LogP contribution is -2.47. The van der Waals surface area contributed by atoms with Crippen LogP contribution >= 0.6 is 0 Å². The summed E-state index contributed by atoms with van der Waals surface area (Å²) in [5.74, 6) is 0. The number of fused-ring (bicyclic) bond motifs is 1. The van der Waals surface area contributed by atoms with Crippen LogP contribution in [-0.2, 0) is 11.2 Å². The smallest absolute Gasteiger partial charge is 0.0758 e. The lowest BCUT2D eigenvalue weighted by molar-refractivity contribution is -0.0123. The van der Waals surface area contributed by atoms with E-state index in [9.17, 15) is 0 Å². The Kier molecular flexibility index (Phi) is 3.74. The van der Waals surface area contributed by atoms with Crippen molar-refractivity contribution in [3.8, 4) is 0 Å². The van der Waals surface area contributed by atoms with Gasteiger partial charge in [0.1, 0.15) is 0 Å². The molecule has 2 unspecified atom stereocenters. The molecule has 3 rings (SSSR count). The number of nitrogens with zero attached hydrogens (tertiary/aromatic N) is 1. The van der Waals surface area contributed by atoms with Gasteiger partial charge in [0.2, 0.25) is 0 Å². The summed E-state index contributed by atoms with van der Waals surface area (Å²) in [5.41, 5.74) is 8.85. The fourth-order valence-electron chi connectivity index (χ4n) is 3.60. The molecule has 0 spiro atoms. The summed E-state index contributed by atoms with van der Waals surface area (Å²) in [6.45, 7) is 6.09. The largest absolute Gasteiger partial charge is 0.371 e. The first kappa shape index (κ1) is 13.9. The van der Waals surface area contributed by atoms with Crippen LogP contribution in [0.3, 0.4) is 0 Å². The zero-order chi connectivity index (χ0) is 14.2. The van der Waals surface area contributed by atoms with Crippen LogP contribution in [-0.4, -0.2) is 30.8 Å². The van der Waals surface area contributed by atoms with Gasteiger partial charge < -0.3 is 15.4 Å². The number of ether oxygens (including phenoxy) is 1. The Morgan fingerprint density at radius 1 is 1.30 bits per heavy atom. The monoisotopic (exact) mass is 274 g/mol. The molecule has 1 saturated heterocycles. The average molecular weight is 274 g/mol. The summed E-state index contributed by atoms with van der Waals surface area (Å²) in [5, 5.41) is 0. The van der Waals surface area contributed by atoms with Crippen molar-refractivity contribution in [2.75, 3.05) is 18.0 Å². The molecule has 0 aromatic heterocycles. The van der Waals surface area contributed by atoms with Crippen molar-refractivity contribution < 1.29 is 4.74 Å². The molecule has 0 bridgehead atoms. The molecule has 2 aliphatic heterocycles. The van der Waals surface area contributed by atoms with Crippen LogP contribution in [0.5, 0.6) is 0 Å². The summed E-state index contributed by atoms with van der Waals surface area (Å²) >= 11 is 0. The Labute approximate surface area is 122 Å². The molecule has 1 aromatic carbocycles. The number of anilines is 1. The number of para-hydroxylation sites is 1. The number of rotatable bonds is 3. The molecule has 1 aromatic rings. The maximum Gasteiger partial charge on any atom is 0.0758 e. The van der Waals surface area contributed by atoms with E-state index in [4.69, 9.17) is 10.5 Å². The normalized spacial score (nSPS) is 28.4. The number of nitrogens with two attached hydrogens (primary N) is 1. The molecule has 2 N–H and O–H groups in total. The Morgan fingerprint density at radius 2 is 2.10 bits per heavy atom. The molecule has 0 saturated carbocycles. The number of hydrogen-bond acceptors (Lipinski definition) is 3. The second kappa shape index (κ2) is 5.38. The van der Waals surface area contributed by atoms with Gasteiger partial charge in [0.15, 0.2) is 0 Å². The van der Waals surface area contributed by atoms with Gasteiger partial charge in [-0.1, -0.05) is 18.2 Å². The highest BCUT2D eigenvalue weighted by Gasteiger charge is 2.35. The van der Waals surface area contributed by atoms with E-state index in [1.165, 1.54) is 11.3 Å². The van der Waals surface area contributed by atoms with Gasteiger partial charge in [0.05, 0.1) is 11.7 Å². The maximum atomic E-state index is 6.18. The Balaban J connectivity index is 1.79. The predicted molar refractivity (Wildman–Crippen MR) is 83.1 cm³/mol. The first-order chi connectivity index (χ1) is 9.59. The highest BCUT2D eigenvalue weighted by atomic mass is 16.5. The van der Waals surface area contributed by atoms with E-state index in [0.717, 1.165) is 38.8 Å². The van der Waals surface area contributed by atoms with E-state index < -0.39 is 0 Å². The second-order valence-electron chi connectivity index (χ2n) is 6.75. The van der Waals surface area contributed by atoms with Crippen molar-refractivity contribution in [3.05, 3.63) is 29.8 Å². The van der Waals surface area contributed by atoms with Crippen LogP contribution < -0.4 is 10.6 Å². The van der Waals surface area contributed by atoms with Gasteiger partial charge in [-0.3, -0.25) is 0 Å². The minimum absolute atomic E-state index is 0.0399. The standard InChI is InChI=1S/C17H26N2O/c1-17(2)10-9-15(20-17)12-19-14(11-18)8-7-13-5-3-4-6-16(13)19/h3-6,14-15H,7-12,18H2,1-2H3. The van der Waals surface area contributed by atoms with E-state index in [2.05, 4.69) is 43.0 Å². The molecule has 3 heteroatoms. The molecule has 0 amide bonds. The quantitative estimate of drug-likeness (QED) is 0.921. The van der Waals surface area contributed by atoms with Gasteiger partial charge in [-0.15, -0.1) is 0 Å². The average Bonchev–Trinajstić information content (AvgIpc) is 2.78. The fourth-order valence-corrected chi connectivity index (χ4v) is 3.60. The molecule has 2 atom stereocenters. The zero-order valence-electron chi connectivity index (χ0n) is 12.6. The van der Waals surface area contributed by atoms with Crippen LogP contribution in [0.15, 0.2) is 24.3 Å². The van der Waals surface area contributed by atoms with Crippen molar-refractivity contribution in [3.63, 3.8) is 0 Å². The minimum Gasteiger partial charge on any atom is -0.371 e. The summed E-state index contributed by atoms with van der Waals surface area (Å²) in [7, 11) is 0. The van der Waals surface area contributed by atoms with E-state index in [1.54, 1.807) is 0 Å². The van der Waals surface area contributed by atoms with Crippen molar-refractivity contribution in [1.82, 2.24) is 0 Å². The molecule has 110 valence electrons.